The van der Waals surface area contributed by atoms with Gasteiger partial charge in [-0.05, 0) is 49.2 Å². The third-order valence-corrected chi connectivity index (χ3v) is 6.77. The maximum atomic E-state index is 12.8. The van der Waals surface area contributed by atoms with Crippen molar-refractivity contribution in [2.45, 2.75) is 12.8 Å². The predicted octanol–water partition coefficient (Wildman–Crippen LogP) is 6.97. The van der Waals surface area contributed by atoms with Crippen LogP contribution in [0.15, 0.2) is 109 Å². The number of aliphatic hydroxyl groups excluding tert-OH is 1. The fourth-order valence-corrected chi connectivity index (χ4v) is 4.64. The Balaban J connectivity index is 1.14. The smallest absolute Gasteiger partial charge is 0.473 e. The number of para-hydroxylation sites is 2. The molecule has 0 radical (unpaired) electrons. The number of aromatic nitrogens is 1. The second-order valence-corrected chi connectivity index (χ2v) is 9.48. The van der Waals surface area contributed by atoms with E-state index in [9.17, 15) is 20.1 Å². The van der Waals surface area contributed by atoms with Gasteiger partial charge < -0.3 is 15.7 Å². The largest absolute Gasteiger partial charge is 0.501 e. The minimum atomic E-state index is -0.664. The number of unbranched alkanes of at least 4 members (excludes halogenated alkanes) is 1. The van der Waals surface area contributed by atoms with E-state index in [0.717, 1.165) is 46.9 Å². The molecule has 1 heterocycles. The Kier molecular flexibility index (Phi) is 8.27. The van der Waals surface area contributed by atoms with Gasteiger partial charge in [-0.25, -0.2) is 4.98 Å². The lowest BCUT2D eigenvalue weighted by Gasteiger charge is -2.13. The van der Waals surface area contributed by atoms with E-state index in [1.54, 1.807) is 30.3 Å². The van der Waals surface area contributed by atoms with Crippen molar-refractivity contribution >= 4 is 44.9 Å². The van der Waals surface area contributed by atoms with Crippen LogP contribution in [0, 0.1) is 5.39 Å². The molecule has 0 fully saturated rings. The van der Waals surface area contributed by atoms with Gasteiger partial charge in [0.25, 0.3) is 11.7 Å². The molecule has 5 rings (SSSR count). The number of hydrogen-bond donors (Lipinski definition) is 3. The van der Waals surface area contributed by atoms with Crippen molar-refractivity contribution in [3.63, 3.8) is 0 Å². The summed E-state index contributed by atoms with van der Waals surface area (Å²) in [6, 6.07) is 30.5. The van der Waals surface area contributed by atoms with Gasteiger partial charge in [0.05, 0.1) is 16.7 Å². The highest BCUT2D eigenvalue weighted by molar-refractivity contribution is 6.14. The monoisotopic (exact) mass is 542 g/mol. The number of benzene rings is 4. The Bertz CT molecular complexity index is 1740. The fourth-order valence-electron chi connectivity index (χ4n) is 4.64. The Hall–Kier alpha value is -5.55. The minimum Gasteiger partial charge on any atom is -0.501 e. The number of allylic oxidation sites excluding steroid dienone is 1. The van der Waals surface area contributed by atoms with Crippen molar-refractivity contribution in [2.75, 3.05) is 18.4 Å². The van der Waals surface area contributed by atoms with Gasteiger partial charge in [0.1, 0.15) is 0 Å². The van der Waals surface area contributed by atoms with E-state index in [-0.39, 0.29) is 11.5 Å². The third-order valence-electron chi connectivity index (χ3n) is 6.77. The number of carbonyl (C=O) groups is 2. The summed E-state index contributed by atoms with van der Waals surface area (Å²) in [6.45, 7) is 1.24. The lowest BCUT2D eigenvalue weighted by Crippen LogP contribution is -2.24. The summed E-state index contributed by atoms with van der Waals surface area (Å²) in [5, 5.41) is 28.4. The number of fused-ring (bicyclic) bond motifs is 2. The molecule has 0 atom stereocenters. The molecule has 8 nitrogen and oxygen atoms in total. The second-order valence-electron chi connectivity index (χ2n) is 9.48. The maximum absolute atomic E-state index is 12.8. The number of amides is 1. The molecule has 1 amide bonds. The number of aliphatic hydroxyl groups is 1. The molecule has 0 saturated carbocycles. The van der Waals surface area contributed by atoms with E-state index in [4.69, 9.17) is 4.98 Å². The van der Waals surface area contributed by atoms with E-state index in [0.29, 0.717) is 17.7 Å². The molecule has 8 heteroatoms. The van der Waals surface area contributed by atoms with Crippen molar-refractivity contribution < 1.29 is 14.7 Å². The summed E-state index contributed by atoms with van der Waals surface area (Å²) >= 11 is 0. The van der Waals surface area contributed by atoms with Crippen molar-refractivity contribution in [3.05, 3.63) is 130 Å². The van der Waals surface area contributed by atoms with E-state index in [1.165, 1.54) is 24.3 Å². The topological polar surface area (TPSA) is 119 Å². The van der Waals surface area contributed by atoms with Crippen LogP contribution in [0.4, 0.5) is 5.69 Å². The van der Waals surface area contributed by atoms with Crippen LogP contribution in [0.25, 0.3) is 32.5 Å². The standard InChI is InChI=1S/C33H27N5O3/c34-38-30(31(39)22-10-2-1-3-11-22)32(40)23-16-18-24(19-17-23)33(41)36-21-9-8-20-35-29-25-12-4-6-14-27(25)37-28-15-7-5-13-26(28)29/h1-7,10-19H,8-9,20-21H2,(H2-,35,36,37,39,40,41)/p+1. The number of anilines is 1. The van der Waals surface area contributed by atoms with Gasteiger partial charge in [0.2, 0.25) is 11.2 Å². The van der Waals surface area contributed by atoms with Gasteiger partial charge in [0.15, 0.2) is 4.98 Å². The molecule has 0 aliphatic heterocycles. The number of rotatable bonds is 10. The van der Waals surface area contributed by atoms with Gasteiger partial charge in [-0.3, -0.25) is 9.59 Å². The first-order valence-corrected chi connectivity index (χ1v) is 13.3. The summed E-state index contributed by atoms with van der Waals surface area (Å²) in [5.74, 6) is -1.35. The van der Waals surface area contributed by atoms with Crippen molar-refractivity contribution in [2.24, 2.45) is 0 Å². The number of pyridine rings is 1. The Morgan fingerprint density at radius 1 is 0.707 bits per heavy atom. The molecule has 0 unspecified atom stereocenters. The van der Waals surface area contributed by atoms with Crippen LogP contribution in [0.5, 0.6) is 0 Å². The number of diazo groups is 1. The van der Waals surface area contributed by atoms with Gasteiger partial charge in [-0.1, -0.05) is 66.7 Å². The highest BCUT2D eigenvalue weighted by Crippen LogP contribution is 2.30. The number of carbonyl (C=O) groups excluding carboxylic acids is 2. The van der Waals surface area contributed by atoms with E-state index >= 15 is 0 Å². The molecule has 0 aliphatic carbocycles. The Morgan fingerprint density at radius 3 is 1.90 bits per heavy atom. The van der Waals surface area contributed by atoms with Crippen LogP contribution in [0.1, 0.15) is 39.1 Å². The average molecular weight is 543 g/mol. The number of nitrogens with zero attached hydrogens (tertiary/aromatic N) is 3. The zero-order valence-corrected chi connectivity index (χ0v) is 22.2. The molecule has 41 heavy (non-hydrogen) atoms. The molecule has 5 aromatic rings. The quantitative estimate of drug-likeness (QED) is 0.0438. The van der Waals surface area contributed by atoms with Gasteiger partial charge in [-0.2, -0.15) is 0 Å². The van der Waals surface area contributed by atoms with Crippen LogP contribution in [0.3, 0.4) is 0 Å². The first-order valence-electron chi connectivity index (χ1n) is 13.3. The molecule has 0 spiro atoms. The summed E-state index contributed by atoms with van der Waals surface area (Å²) in [6.07, 6.45) is 1.63. The highest BCUT2D eigenvalue weighted by atomic mass is 16.3. The average Bonchev–Trinajstić information content (AvgIpc) is 3.02. The summed E-state index contributed by atoms with van der Waals surface area (Å²) in [5.41, 5.74) is 3.40. The van der Waals surface area contributed by atoms with Crippen LogP contribution in [-0.4, -0.2) is 34.9 Å². The van der Waals surface area contributed by atoms with Crippen molar-refractivity contribution in [1.82, 2.24) is 10.3 Å². The minimum absolute atomic E-state index is 0.180. The molecule has 0 saturated heterocycles. The SMILES string of the molecule is N#[N+]/C(C(=O)c1ccc(C(=O)NCCCCNc2c3ccccc3nc3ccccc23)cc1)=C(/O)c1ccccc1. The zero-order valence-electron chi connectivity index (χ0n) is 22.2. The Labute approximate surface area is 237 Å². The Morgan fingerprint density at radius 2 is 1.27 bits per heavy atom. The number of Topliss-reactive ketones (excluding diaryl/α,β-unsaturated/α-hetero) is 1. The molecule has 202 valence electrons. The first-order chi connectivity index (χ1) is 20.1. The molecule has 4 aromatic carbocycles. The van der Waals surface area contributed by atoms with E-state index in [2.05, 4.69) is 27.7 Å². The number of hydrogen-bond acceptors (Lipinski definition) is 6. The van der Waals surface area contributed by atoms with Crippen LogP contribution in [0.2, 0.25) is 0 Å². The third kappa shape index (κ3) is 6.05. The van der Waals surface area contributed by atoms with Gasteiger partial charge in [0, 0.05) is 40.6 Å². The molecule has 0 bridgehead atoms. The lowest BCUT2D eigenvalue weighted by atomic mass is 10.0. The highest BCUT2D eigenvalue weighted by Gasteiger charge is 2.30. The van der Waals surface area contributed by atoms with Crippen LogP contribution < -0.4 is 10.6 Å². The first kappa shape index (κ1) is 27.0. The van der Waals surface area contributed by atoms with Crippen molar-refractivity contribution in [3.8, 4) is 0 Å². The molecule has 3 N–H and O–H groups in total. The second kappa shape index (κ2) is 12.5. The summed E-state index contributed by atoms with van der Waals surface area (Å²) in [7, 11) is 0. The van der Waals surface area contributed by atoms with Crippen LogP contribution in [-0.2, 0) is 0 Å². The predicted molar refractivity (Wildman–Crippen MR) is 161 cm³/mol. The number of nitrogens with one attached hydrogen (secondary N) is 2. The van der Waals surface area contributed by atoms with Crippen LogP contribution >= 0.6 is 0 Å². The van der Waals surface area contributed by atoms with Gasteiger partial charge in [-0.15, -0.1) is 0 Å². The molecule has 0 aliphatic rings. The molecular weight excluding hydrogens is 514 g/mol. The van der Waals surface area contributed by atoms with E-state index < -0.39 is 17.2 Å². The normalized spacial score (nSPS) is 11.5. The molecule has 1 aromatic heterocycles. The van der Waals surface area contributed by atoms with Gasteiger partial charge >= 0.3 is 5.70 Å². The summed E-state index contributed by atoms with van der Waals surface area (Å²) in [4.78, 5) is 33.2. The maximum Gasteiger partial charge on any atom is 0.473 e. The fraction of sp³-hybridized carbons (Fsp3) is 0.121. The zero-order chi connectivity index (χ0) is 28.6. The molecular formula is C33H28N5O3+. The van der Waals surface area contributed by atoms with Crippen molar-refractivity contribution in [1.29, 1.82) is 5.39 Å². The lowest BCUT2D eigenvalue weighted by molar-refractivity contribution is 0.0951. The number of ketones is 1. The van der Waals surface area contributed by atoms with E-state index in [1.807, 2.05) is 36.4 Å². The summed E-state index contributed by atoms with van der Waals surface area (Å²) < 4.78 is 0.